The Morgan fingerprint density at radius 3 is 2.15 bits per heavy atom. The van der Waals surface area contributed by atoms with Gasteiger partial charge in [0.15, 0.2) is 0 Å². The highest BCUT2D eigenvalue weighted by atomic mass is 32.2. The van der Waals surface area contributed by atoms with Crippen molar-refractivity contribution < 1.29 is 13.2 Å². The van der Waals surface area contributed by atoms with Crippen LogP contribution < -0.4 is 10.2 Å². The van der Waals surface area contributed by atoms with E-state index in [9.17, 15) is 13.2 Å². The Bertz CT molecular complexity index is 931. The fourth-order valence-corrected chi connectivity index (χ4v) is 4.81. The Balaban J connectivity index is 1.70. The van der Waals surface area contributed by atoms with Crippen molar-refractivity contribution in [2.24, 2.45) is 0 Å². The molecule has 27 heavy (non-hydrogen) atoms. The van der Waals surface area contributed by atoms with Crippen LogP contribution in [0.3, 0.4) is 0 Å². The second kappa shape index (κ2) is 7.70. The molecule has 0 radical (unpaired) electrons. The monoisotopic (exact) mass is 387 g/mol. The third-order valence-electron chi connectivity index (χ3n) is 4.74. The van der Waals surface area contributed by atoms with Crippen molar-refractivity contribution in [3.63, 3.8) is 0 Å². The van der Waals surface area contributed by atoms with Crippen LogP contribution >= 0.6 is 0 Å². The molecule has 0 unspecified atom stereocenters. The molecule has 1 fully saturated rings. The number of carbonyl (C=O) groups excluding carboxylic acids is 1. The summed E-state index contributed by atoms with van der Waals surface area (Å²) in [5, 5.41) is 2.64. The zero-order valence-corrected chi connectivity index (χ0v) is 16.7. The van der Waals surface area contributed by atoms with Gasteiger partial charge in [-0.15, -0.1) is 0 Å². The second-order valence-electron chi connectivity index (χ2n) is 6.89. The van der Waals surface area contributed by atoms with Crippen molar-refractivity contribution in [1.82, 2.24) is 4.31 Å². The number of benzene rings is 2. The normalized spacial score (nSPS) is 15.6. The fourth-order valence-electron chi connectivity index (χ4n) is 3.39. The van der Waals surface area contributed by atoms with Crippen molar-refractivity contribution in [3.05, 3.63) is 53.6 Å². The van der Waals surface area contributed by atoms with Crippen LogP contribution in [0.1, 0.15) is 18.1 Å². The number of anilines is 2. The summed E-state index contributed by atoms with van der Waals surface area (Å²) in [7, 11) is -3.54. The molecule has 1 heterocycles. The van der Waals surface area contributed by atoms with Crippen molar-refractivity contribution in [1.29, 1.82) is 0 Å². The number of rotatable bonds is 4. The van der Waals surface area contributed by atoms with Gasteiger partial charge in [0.05, 0.1) is 4.90 Å². The Kier molecular flexibility index (Phi) is 5.53. The average Bonchev–Trinajstić information content (AvgIpc) is 2.62. The summed E-state index contributed by atoms with van der Waals surface area (Å²) >= 11 is 0. The molecule has 0 bridgehead atoms. The summed E-state index contributed by atoms with van der Waals surface area (Å²) in [5.74, 6) is -0.187. The first-order valence-corrected chi connectivity index (χ1v) is 10.4. The first-order chi connectivity index (χ1) is 12.8. The molecule has 1 N–H and O–H groups in total. The molecule has 7 heteroatoms. The van der Waals surface area contributed by atoms with Gasteiger partial charge in [-0.2, -0.15) is 4.31 Å². The minimum atomic E-state index is -3.54. The second-order valence-corrected chi connectivity index (χ2v) is 8.82. The summed E-state index contributed by atoms with van der Waals surface area (Å²) in [6.45, 7) is 7.78. The Labute approximate surface area is 160 Å². The quantitative estimate of drug-likeness (QED) is 0.876. The molecule has 0 aromatic heterocycles. The van der Waals surface area contributed by atoms with Crippen LogP contribution in [-0.4, -0.2) is 44.8 Å². The molecule has 1 aliphatic rings. The van der Waals surface area contributed by atoms with E-state index in [1.54, 1.807) is 12.1 Å². The molecule has 0 atom stereocenters. The predicted molar refractivity (Wildman–Crippen MR) is 108 cm³/mol. The van der Waals surface area contributed by atoms with Gasteiger partial charge < -0.3 is 10.2 Å². The zero-order valence-electron chi connectivity index (χ0n) is 15.9. The number of piperazine rings is 1. The highest BCUT2D eigenvalue weighted by Gasteiger charge is 2.28. The molecule has 144 valence electrons. The fraction of sp³-hybridized carbons (Fsp3) is 0.350. The zero-order chi connectivity index (χ0) is 19.6. The van der Waals surface area contributed by atoms with Crippen molar-refractivity contribution in [2.75, 3.05) is 36.4 Å². The largest absolute Gasteiger partial charge is 0.369 e. The van der Waals surface area contributed by atoms with Gasteiger partial charge in [-0.3, -0.25) is 4.79 Å². The Morgan fingerprint density at radius 2 is 1.59 bits per heavy atom. The SMILES string of the molecule is CC(=O)Nc1ccc(S(=O)(=O)N2CCN(c3ccc(C)cc3C)CC2)cc1. The molecule has 1 amide bonds. The number of aryl methyl sites for hydroxylation is 2. The first kappa shape index (κ1) is 19.4. The van der Waals surface area contributed by atoms with Gasteiger partial charge in [-0.25, -0.2) is 8.42 Å². The number of amides is 1. The third kappa shape index (κ3) is 4.31. The number of nitrogens with one attached hydrogen (secondary N) is 1. The lowest BCUT2D eigenvalue weighted by molar-refractivity contribution is -0.114. The van der Waals surface area contributed by atoms with Crippen molar-refractivity contribution >= 4 is 27.3 Å². The van der Waals surface area contributed by atoms with Crippen LogP contribution in [0.5, 0.6) is 0 Å². The van der Waals surface area contributed by atoms with E-state index in [1.165, 1.54) is 34.5 Å². The van der Waals surface area contributed by atoms with Crippen LogP contribution in [0.25, 0.3) is 0 Å². The molecule has 1 saturated heterocycles. The highest BCUT2D eigenvalue weighted by Crippen LogP contribution is 2.25. The number of hydrogen-bond acceptors (Lipinski definition) is 4. The molecule has 3 rings (SSSR count). The molecular weight excluding hydrogens is 362 g/mol. The molecule has 6 nitrogen and oxygen atoms in total. The van der Waals surface area contributed by atoms with E-state index in [-0.39, 0.29) is 10.8 Å². The summed E-state index contributed by atoms with van der Waals surface area (Å²) in [6, 6.07) is 12.6. The average molecular weight is 388 g/mol. The number of nitrogens with zero attached hydrogens (tertiary/aromatic N) is 2. The molecule has 0 spiro atoms. The van der Waals surface area contributed by atoms with Gasteiger partial charge in [0.25, 0.3) is 0 Å². The maximum Gasteiger partial charge on any atom is 0.243 e. The van der Waals surface area contributed by atoms with Crippen LogP contribution in [0.4, 0.5) is 11.4 Å². The molecule has 1 aliphatic heterocycles. The number of hydrogen-bond donors (Lipinski definition) is 1. The van der Waals surface area contributed by atoms with E-state index in [1.807, 2.05) is 0 Å². The van der Waals surface area contributed by atoms with Gasteiger partial charge in [-0.1, -0.05) is 17.7 Å². The van der Waals surface area contributed by atoms with E-state index in [0.29, 0.717) is 31.9 Å². The predicted octanol–water partition coefficient (Wildman–Crippen LogP) is 2.77. The summed E-state index contributed by atoms with van der Waals surface area (Å²) < 4.78 is 27.3. The smallest absolute Gasteiger partial charge is 0.243 e. The maximum atomic E-state index is 12.9. The topological polar surface area (TPSA) is 69.7 Å². The molecule has 0 aliphatic carbocycles. The lowest BCUT2D eigenvalue weighted by atomic mass is 10.1. The van der Waals surface area contributed by atoms with Gasteiger partial charge in [0.2, 0.25) is 15.9 Å². The summed E-state index contributed by atoms with van der Waals surface area (Å²) in [5.41, 5.74) is 4.18. The maximum absolute atomic E-state index is 12.9. The highest BCUT2D eigenvalue weighted by molar-refractivity contribution is 7.89. The summed E-state index contributed by atoms with van der Waals surface area (Å²) in [4.78, 5) is 13.6. The lowest BCUT2D eigenvalue weighted by Crippen LogP contribution is -2.48. The van der Waals surface area contributed by atoms with E-state index < -0.39 is 10.0 Å². The van der Waals surface area contributed by atoms with Gasteiger partial charge in [0, 0.05) is 44.5 Å². The minimum Gasteiger partial charge on any atom is -0.369 e. The number of carbonyl (C=O) groups is 1. The standard InChI is InChI=1S/C20H25N3O3S/c1-15-4-9-20(16(2)14-15)22-10-12-23(13-11-22)27(25,26)19-7-5-18(6-8-19)21-17(3)24/h4-9,14H,10-13H2,1-3H3,(H,21,24). The lowest BCUT2D eigenvalue weighted by Gasteiger charge is -2.36. The van der Waals surface area contributed by atoms with E-state index in [0.717, 1.165) is 5.69 Å². The first-order valence-electron chi connectivity index (χ1n) is 8.97. The molecule has 2 aromatic rings. The molecular formula is C20H25N3O3S. The van der Waals surface area contributed by atoms with Crippen molar-refractivity contribution in [2.45, 2.75) is 25.7 Å². The van der Waals surface area contributed by atoms with Crippen LogP contribution in [0.15, 0.2) is 47.4 Å². The number of sulfonamides is 1. The Morgan fingerprint density at radius 1 is 0.963 bits per heavy atom. The van der Waals surface area contributed by atoms with Crippen molar-refractivity contribution in [3.8, 4) is 0 Å². The third-order valence-corrected chi connectivity index (χ3v) is 6.66. The molecule has 0 saturated carbocycles. The van der Waals surface area contributed by atoms with Crippen LogP contribution in [0.2, 0.25) is 0 Å². The van der Waals surface area contributed by atoms with Crippen LogP contribution in [0, 0.1) is 13.8 Å². The molecule has 2 aromatic carbocycles. The van der Waals surface area contributed by atoms with E-state index in [2.05, 4.69) is 42.3 Å². The van der Waals surface area contributed by atoms with E-state index in [4.69, 9.17) is 0 Å². The summed E-state index contributed by atoms with van der Waals surface area (Å²) in [6.07, 6.45) is 0. The Hall–Kier alpha value is -2.38. The van der Waals surface area contributed by atoms with Gasteiger partial charge in [-0.05, 0) is 49.7 Å². The van der Waals surface area contributed by atoms with E-state index >= 15 is 0 Å². The van der Waals surface area contributed by atoms with Gasteiger partial charge in [0.1, 0.15) is 0 Å². The minimum absolute atomic E-state index is 0.187. The van der Waals surface area contributed by atoms with Gasteiger partial charge >= 0.3 is 0 Å². The van der Waals surface area contributed by atoms with Crippen LogP contribution in [-0.2, 0) is 14.8 Å².